The molecule has 0 aliphatic rings. The van der Waals surface area contributed by atoms with E-state index in [9.17, 15) is 9.59 Å². The zero-order valence-electron chi connectivity index (χ0n) is 14.5. The van der Waals surface area contributed by atoms with Crippen molar-refractivity contribution in [2.75, 3.05) is 19.0 Å². The van der Waals surface area contributed by atoms with Crippen LogP contribution >= 0.6 is 15.9 Å². The molecule has 0 aliphatic heterocycles. The number of furan rings is 1. The molecule has 7 nitrogen and oxygen atoms in total. The summed E-state index contributed by atoms with van der Waals surface area (Å²) in [6.45, 7) is 1.80. The number of benzene rings is 1. The summed E-state index contributed by atoms with van der Waals surface area (Å²) in [4.78, 5) is 30.8. The molecule has 0 fully saturated rings. The minimum Gasteiger partial charge on any atom is -0.451 e. The van der Waals surface area contributed by atoms with Crippen molar-refractivity contribution < 1.29 is 14.0 Å². The Morgan fingerprint density at radius 1 is 1.15 bits per heavy atom. The Labute approximate surface area is 158 Å². The van der Waals surface area contributed by atoms with E-state index in [2.05, 4.69) is 31.8 Å². The van der Waals surface area contributed by atoms with Gasteiger partial charge in [0, 0.05) is 35.7 Å². The lowest BCUT2D eigenvalue weighted by Crippen LogP contribution is -2.42. The molecule has 0 atom stereocenters. The van der Waals surface area contributed by atoms with E-state index in [0.717, 1.165) is 5.39 Å². The highest BCUT2D eigenvalue weighted by molar-refractivity contribution is 9.10. The van der Waals surface area contributed by atoms with Gasteiger partial charge in [0.05, 0.1) is 5.56 Å². The topological polar surface area (TPSA) is 87.5 Å². The molecule has 0 unspecified atom stereocenters. The number of halogens is 1. The molecule has 3 aromatic rings. The molecule has 0 aliphatic carbocycles. The monoisotopic (exact) mass is 416 g/mol. The van der Waals surface area contributed by atoms with Crippen LogP contribution in [0.1, 0.15) is 26.5 Å². The molecular weight excluding hydrogens is 400 g/mol. The van der Waals surface area contributed by atoms with Crippen molar-refractivity contribution in [3.05, 3.63) is 57.9 Å². The van der Waals surface area contributed by atoms with Crippen LogP contribution in [-0.2, 0) is 0 Å². The number of nitrogens with zero attached hydrogens (tertiary/aromatic N) is 2. The van der Waals surface area contributed by atoms with Crippen LogP contribution in [0.4, 0.5) is 5.82 Å². The number of para-hydroxylation sites is 1. The van der Waals surface area contributed by atoms with Gasteiger partial charge in [-0.1, -0.05) is 18.2 Å². The smallest absolute Gasteiger partial charge is 0.305 e. The minimum atomic E-state index is -0.526. The summed E-state index contributed by atoms with van der Waals surface area (Å²) in [6, 6.07) is 9.00. The van der Waals surface area contributed by atoms with Gasteiger partial charge in [-0.25, -0.2) is 4.98 Å². The zero-order chi connectivity index (χ0) is 18.8. The quantitative estimate of drug-likeness (QED) is 0.640. The summed E-state index contributed by atoms with van der Waals surface area (Å²) >= 11 is 3.30. The van der Waals surface area contributed by atoms with Crippen LogP contribution < -0.4 is 15.8 Å². The number of hydrazine groups is 1. The lowest BCUT2D eigenvalue weighted by Gasteiger charge is -2.16. The fourth-order valence-electron chi connectivity index (χ4n) is 2.58. The fourth-order valence-corrected chi connectivity index (χ4v) is 2.92. The van der Waals surface area contributed by atoms with E-state index in [1.807, 2.05) is 18.2 Å². The van der Waals surface area contributed by atoms with E-state index >= 15 is 0 Å². The molecule has 0 radical (unpaired) electrons. The number of hydrogen-bond acceptors (Lipinski definition) is 5. The van der Waals surface area contributed by atoms with Crippen LogP contribution in [0.3, 0.4) is 0 Å². The molecule has 3 rings (SSSR count). The first-order chi connectivity index (χ1) is 12.4. The van der Waals surface area contributed by atoms with Crippen molar-refractivity contribution in [3.63, 3.8) is 0 Å². The van der Waals surface area contributed by atoms with Gasteiger partial charge in [-0.2, -0.15) is 0 Å². The van der Waals surface area contributed by atoms with Crippen LogP contribution in [-0.4, -0.2) is 30.9 Å². The maximum atomic E-state index is 12.5. The lowest BCUT2D eigenvalue weighted by atomic mass is 10.1. The first-order valence-electron chi connectivity index (χ1n) is 7.80. The number of carbonyl (C=O) groups is 2. The number of fused-ring (bicyclic) bond motifs is 1. The molecule has 0 bridgehead atoms. The zero-order valence-corrected chi connectivity index (χ0v) is 16.0. The number of nitrogens with one attached hydrogen (secondary N) is 2. The van der Waals surface area contributed by atoms with Crippen molar-refractivity contribution in [1.29, 1.82) is 0 Å². The molecule has 0 saturated carbocycles. The van der Waals surface area contributed by atoms with Gasteiger partial charge < -0.3 is 9.32 Å². The number of aromatic nitrogens is 1. The van der Waals surface area contributed by atoms with Crippen LogP contribution in [0.15, 0.2) is 45.4 Å². The Balaban J connectivity index is 1.78. The Kier molecular flexibility index (Phi) is 4.94. The summed E-state index contributed by atoms with van der Waals surface area (Å²) in [7, 11) is 3.56. The van der Waals surface area contributed by atoms with Crippen LogP contribution in [0, 0.1) is 6.92 Å². The normalized spacial score (nSPS) is 10.6. The number of hydrogen-bond donors (Lipinski definition) is 2. The molecule has 134 valence electrons. The molecule has 0 spiro atoms. The van der Waals surface area contributed by atoms with Crippen LogP contribution in [0.25, 0.3) is 11.0 Å². The van der Waals surface area contributed by atoms with Crippen molar-refractivity contribution in [3.8, 4) is 0 Å². The summed E-state index contributed by atoms with van der Waals surface area (Å²) in [5.41, 5.74) is 6.45. The van der Waals surface area contributed by atoms with Gasteiger partial charge in [-0.3, -0.25) is 20.4 Å². The molecule has 2 N–H and O–H groups in total. The third-order valence-electron chi connectivity index (χ3n) is 3.84. The predicted octanol–water partition coefficient (Wildman–Crippen LogP) is 3.04. The highest BCUT2D eigenvalue weighted by Gasteiger charge is 2.20. The van der Waals surface area contributed by atoms with Crippen LogP contribution in [0.2, 0.25) is 0 Å². The van der Waals surface area contributed by atoms with Gasteiger partial charge in [0.2, 0.25) is 0 Å². The van der Waals surface area contributed by atoms with Gasteiger partial charge in [0.25, 0.3) is 5.91 Å². The van der Waals surface area contributed by atoms with Gasteiger partial charge in [0.1, 0.15) is 11.4 Å². The van der Waals surface area contributed by atoms with Gasteiger partial charge in [-0.05, 0) is 35.0 Å². The minimum absolute atomic E-state index is 0.159. The largest absolute Gasteiger partial charge is 0.451 e. The van der Waals surface area contributed by atoms with Crippen LogP contribution in [0.5, 0.6) is 0 Å². The molecule has 8 heteroatoms. The summed E-state index contributed by atoms with van der Waals surface area (Å²) in [5.74, 6) is -0.363. The highest BCUT2D eigenvalue weighted by atomic mass is 79.9. The summed E-state index contributed by atoms with van der Waals surface area (Å²) in [5, 5.41) is 0.857. The summed E-state index contributed by atoms with van der Waals surface area (Å²) in [6.07, 6.45) is 1.60. The van der Waals surface area contributed by atoms with Crippen molar-refractivity contribution in [2.24, 2.45) is 0 Å². The Morgan fingerprint density at radius 3 is 2.54 bits per heavy atom. The lowest BCUT2D eigenvalue weighted by molar-refractivity contribution is 0.0831. The second-order valence-electron chi connectivity index (χ2n) is 5.88. The van der Waals surface area contributed by atoms with E-state index in [1.54, 1.807) is 44.2 Å². The third-order valence-corrected chi connectivity index (χ3v) is 4.27. The van der Waals surface area contributed by atoms with Gasteiger partial charge in [0.15, 0.2) is 5.76 Å². The molecule has 0 saturated heterocycles. The average Bonchev–Trinajstić information content (AvgIpc) is 2.96. The Bertz CT molecular complexity index is 997. The highest BCUT2D eigenvalue weighted by Crippen LogP contribution is 2.24. The summed E-state index contributed by atoms with van der Waals surface area (Å²) < 4.78 is 6.25. The number of aryl methyl sites for hydroxylation is 1. The number of pyridine rings is 1. The first kappa shape index (κ1) is 17.9. The van der Waals surface area contributed by atoms with E-state index in [4.69, 9.17) is 4.42 Å². The number of anilines is 1. The number of carbonyl (C=O) groups excluding carboxylic acids is 2. The third kappa shape index (κ3) is 3.41. The van der Waals surface area contributed by atoms with Crippen molar-refractivity contribution in [1.82, 2.24) is 15.8 Å². The van der Waals surface area contributed by atoms with E-state index in [-0.39, 0.29) is 5.76 Å². The fraction of sp³-hybridized carbons (Fsp3) is 0.167. The van der Waals surface area contributed by atoms with Gasteiger partial charge >= 0.3 is 5.91 Å². The maximum Gasteiger partial charge on any atom is 0.305 e. The predicted molar refractivity (Wildman–Crippen MR) is 102 cm³/mol. The first-order valence-corrected chi connectivity index (χ1v) is 8.59. The number of amides is 2. The van der Waals surface area contributed by atoms with Gasteiger partial charge in [-0.15, -0.1) is 0 Å². The Hall–Kier alpha value is -2.87. The second kappa shape index (κ2) is 7.17. The molecular formula is C18H17BrN4O3. The Morgan fingerprint density at radius 2 is 1.85 bits per heavy atom. The van der Waals surface area contributed by atoms with E-state index in [0.29, 0.717) is 27.0 Å². The van der Waals surface area contributed by atoms with E-state index in [1.165, 1.54) is 0 Å². The molecule has 2 heterocycles. The molecule has 26 heavy (non-hydrogen) atoms. The van der Waals surface area contributed by atoms with Crippen molar-refractivity contribution in [2.45, 2.75) is 6.92 Å². The van der Waals surface area contributed by atoms with Crippen molar-refractivity contribution >= 4 is 44.5 Å². The molecule has 1 aromatic carbocycles. The standard InChI is InChI=1S/C18H17BrN4O3/c1-10-12-6-4-5-7-14(12)26-15(10)18(25)22-21-17(24)13-8-11(19)9-20-16(13)23(2)3/h4-9H,1-3H3,(H,21,24)(H,22,25). The maximum absolute atomic E-state index is 12.5. The van der Waals surface area contributed by atoms with E-state index < -0.39 is 11.8 Å². The molecule has 2 amide bonds. The SMILES string of the molecule is Cc1c(C(=O)NNC(=O)c2cc(Br)cnc2N(C)C)oc2ccccc12. The average molecular weight is 417 g/mol. The second-order valence-corrected chi connectivity index (χ2v) is 6.80. The molecule has 2 aromatic heterocycles. The number of rotatable bonds is 3.